The Labute approximate surface area is 249 Å². The number of hydrogen-bond donors (Lipinski definition) is 2. The Morgan fingerprint density at radius 3 is 1.81 bits per heavy atom. The molecule has 10 nitrogen and oxygen atoms in total. The second-order valence-corrected chi connectivity index (χ2v) is 14.2. The number of carbonyl (C=O) groups is 2. The summed E-state index contributed by atoms with van der Waals surface area (Å²) in [6, 6.07) is 0. The molecule has 37 heavy (non-hydrogen) atoms. The Kier molecular flexibility index (Phi) is 34.4. The Morgan fingerprint density at radius 2 is 1.08 bits per heavy atom. The van der Waals surface area contributed by atoms with Gasteiger partial charge in [-0.25, -0.2) is 19.6 Å². The van der Waals surface area contributed by atoms with Crippen molar-refractivity contribution in [3.05, 3.63) is 0 Å². The van der Waals surface area contributed by atoms with Crippen molar-refractivity contribution < 1.29 is 48.8 Å². The van der Waals surface area contributed by atoms with Crippen molar-refractivity contribution in [2.45, 2.75) is 25.7 Å². The highest BCUT2D eigenvalue weighted by Crippen LogP contribution is 2.13. The van der Waals surface area contributed by atoms with Crippen molar-refractivity contribution in [3.8, 4) is 0 Å². The first kappa shape index (κ1) is 38.1. The van der Waals surface area contributed by atoms with Crippen molar-refractivity contribution in [2.24, 2.45) is 0 Å². The number of ether oxygens (including phenoxy) is 2. The summed E-state index contributed by atoms with van der Waals surface area (Å²) in [6.45, 7) is 0.942. The summed E-state index contributed by atoms with van der Waals surface area (Å²) in [7, 11) is 0. The van der Waals surface area contributed by atoms with Crippen LogP contribution >= 0.6 is 82.3 Å². The van der Waals surface area contributed by atoms with E-state index in [0.29, 0.717) is 48.8 Å². The standard InChI is InChI=1S/C20H38O10S7/c21-11-33-17-36-14-26-20(24)4-9-31-8-2-5-27-29-15-35-13-25-19(23)3-1-7-32-10-6-28-30-16-37-18-34-12-22/h21-22H,1-18H2. The molecule has 0 aliphatic carbocycles. The maximum Gasteiger partial charge on any atom is 0.307 e. The lowest BCUT2D eigenvalue weighted by atomic mass is 10.3. The van der Waals surface area contributed by atoms with E-state index < -0.39 is 0 Å². The Balaban J connectivity index is 3.21. The molecule has 0 saturated heterocycles. The second kappa shape index (κ2) is 33.4. The number of aliphatic hydroxyl groups is 2. The fraction of sp³-hybridized carbons (Fsp3) is 0.900. The summed E-state index contributed by atoms with van der Waals surface area (Å²) < 4.78 is 10.2. The molecular formula is C20H38O10S7. The minimum atomic E-state index is -0.230. The molecule has 0 radical (unpaired) electrons. The summed E-state index contributed by atoms with van der Waals surface area (Å²) in [6.07, 6.45) is 2.29. The van der Waals surface area contributed by atoms with E-state index >= 15 is 0 Å². The quantitative estimate of drug-likeness (QED) is 0.0372. The van der Waals surface area contributed by atoms with Crippen LogP contribution in [0.2, 0.25) is 0 Å². The molecule has 0 rings (SSSR count). The van der Waals surface area contributed by atoms with Gasteiger partial charge in [-0.3, -0.25) is 9.59 Å². The zero-order valence-electron chi connectivity index (χ0n) is 20.7. The minimum absolute atomic E-state index is 0.0735. The number of carbonyl (C=O) groups excluding carboxylic acids is 2. The molecule has 0 fully saturated rings. The van der Waals surface area contributed by atoms with Crippen molar-refractivity contribution in [1.29, 1.82) is 0 Å². The molecular weight excluding hydrogens is 625 g/mol. The van der Waals surface area contributed by atoms with E-state index in [4.69, 9.17) is 39.2 Å². The molecule has 17 heteroatoms. The van der Waals surface area contributed by atoms with Crippen LogP contribution in [0.3, 0.4) is 0 Å². The SMILES string of the molecule is O=C(CCCSCCOOCSCSCO)OCSCOOCCCSCCC(=O)OCSCSCO. The Bertz CT molecular complexity index is 512. The van der Waals surface area contributed by atoms with Crippen LogP contribution in [0.5, 0.6) is 0 Å². The van der Waals surface area contributed by atoms with Crippen molar-refractivity contribution >= 4 is 94.3 Å². The third kappa shape index (κ3) is 33.3. The van der Waals surface area contributed by atoms with E-state index in [2.05, 4.69) is 0 Å². The van der Waals surface area contributed by atoms with E-state index in [9.17, 15) is 9.59 Å². The third-order valence-corrected chi connectivity index (χ3v) is 9.73. The van der Waals surface area contributed by atoms with Crippen LogP contribution in [0.15, 0.2) is 0 Å². The lowest BCUT2D eigenvalue weighted by Crippen LogP contribution is -2.06. The predicted molar refractivity (Wildman–Crippen MR) is 161 cm³/mol. The molecule has 0 amide bonds. The maximum atomic E-state index is 11.7. The van der Waals surface area contributed by atoms with E-state index in [0.717, 1.165) is 35.2 Å². The zero-order valence-corrected chi connectivity index (χ0v) is 26.5. The first-order chi connectivity index (χ1) is 18.2. The highest BCUT2D eigenvalue weighted by Gasteiger charge is 2.04. The summed E-state index contributed by atoms with van der Waals surface area (Å²) in [5.74, 6) is 4.18. The van der Waals surface area contributed by atoms with Crippen LogP contribution in [-0.2, 0) is 38.6 Å². The second-order valence-electron chi connectivity index (χ2n) is 6.33. The van der Waals surface area contributed by atoms with Gasteiger partial charge in [-0.05, 0) is 24.3 Å². The molecule has 0 aromatic rings. The van der Waals surface area contributed by atoms with Gasteiger partial charge >= 0.3 is 11.9 Å². The van der Waals surface area contributed by atoms with Crippen molar-refractivity contribution in [1.82, 2.24) is 0 Å². The molecule has 0 atom stereocenters. The van der Waals surface area contributed by atoms with Gasteiger partial charge in [0.2, 0.25) is 0 Å². The molecule has 0 aromatic heterocycles. The zero-order chi connectivity index (χ0) is 27.1. The smallest absolute Gasteiger partial charge is 0.307 e. The van der Waals surface area contributed by atoms with Gasteiger partial charge in [-0.1, -0.05) is 11.8 Å². The van der Waals surface area contributed by atoms with Gasteiger partial charge < -0.3 is 19.7 Å². The number of hydrogen-bond acceptors (Lipinski definition) is 17. The van der Waals surface area contributed by atoms with Gasteiger partial charge in [0.15, 0.2) is 0 Å². The van der Waals surface area contributed by atoms with Crippen LogP contribution in [0, 0.1) is 0 Å². The lowest BCUT2D eigenvalue weighted by Gasteiger charge is -2.06. The molecule has 0 spiro atoms. The van der Waals surface area contributed by atoms with Gasteiger partial charge in [0, 0.05) is 28.1 Å². The Hall–Kier alpha value is 1.15. The Morgan fingerprint density at radius 1 is 0.514 bits per heavy atom. The lowest BCUT2D eigenvalue weighted by molar-refractivity contribution is -0.278. The third-order valence-electron chi connectivity index (χ3n) is 3.50. The topological polar surface area (TPSA) is 130 Å². The number of rotatable bonds is 30. The first-order valence-corrected chi connectivity index (χ1v) is 19.3. The normalized spacial score (nSPS) is 11.1. The van der Waals surface area contributed by atoms with Crippen LogP contribution in [-0.4, -0.2) is 104 Å². The predicted octanol–water partition coefficient (Wildman–Crippen LogP) is 4.31. The molecule has 2 N–H and O–H groups in total. The average molecular weight is 663 g/mol. The van der Waals surface area contributed by atoms with Gasteiger partial charge in [0.05, 0.1) is 31.5 Å². The van der Waals surface area contributed by atoms with Crippen LogP contribution < -0.4 is 0 Å². The number of thioether (sulfide) groups is 7. The van der Waals surface area contributed by atoms with Crippen LogP contribution in [0.4, 0.5) is 0 Å². The van der Waals surface area contributed by atoms with Gasteiger partial charge in [0.1, 0.15) is 23.8 Å². The van der Waals surface area contributed by atoms with E-state index in [1.807, 2.05) is 0 Å². The van der Waals surface area contributed by atoms with Gasteiger partial charge in [-0.15, -0.1) is 47.0 Å². The highest BCUT2D eigenvalue weighted by atomic mass is 32.2. The summed E-state index contributed by atoms with van der Waals surface area (Å²) in [4.78, 5) is 43.4. The van der Waals surface area contributed by atoms with E-state index in [-0.39, 0.29) is 35.7 Å². The van der Waals surface area contributed by atoms with E-state index in [1.165, 1.54) is 58.8 Å². The van der Waals surface area contributed by atoms with Gasteiger partial charge in [0.25, 0.3) is 0 Å². The summed E-state index contributed by atoms with van der Waals surface area (Å²) in [5.41, 5.74) is 0. The molecule has 0 aliphatic rings. The van der Waals surface area contributed by atoms with Crippen molar-refractivity contribution in [3.63, 3.8) is 0 Å². The largest absolute Gasteiger partial charge is 0.455 e. The van der Waals surface area contributed by atoms with Gasteiger partial charge in [-0.2, -0.15) is 23.5 Å². The van der Waals surface area contributed by atoms with Crippen molar-refractivity contribution in [2.75, 3.05) is 82.0 Å². The first-order valence-electron chi connectivity index (χ1n) is 11.3. The summed E-state index contributed by atoms with van der Waals surface area (Å²) >= 11 is 10.4. The molecule has 0 bridgehead atoms. The summed E-state index contributed by atoms with van der Waals surface area (Å²) in [5, 5.41) is 18.7. The fourth-order valence-electron chi connectivity index (χ4n) is 1.90. The van der Waals surface area contributed by atoms with Crippen LogP contribution in [0.25, 0.3) is 0 Å². The monoisotopic (exact) mass is 662 g/mol. The average Bonchev–Trinajstić information content (AvgIpc) is 2.89. The highest BCUT2D eigenvalue weighted by molar-refractivity contribution is 8.16. The maximum absolute atomic E-state index is 11.7. The minimum Gasteiger partial charge on any atom is -0.455 e. The number of aliphatic hydroxyl groups excluding tert-OH is 2. The molecule has 0 heterocycles. The fourth-order valence-corrected chi connectivity index (χ4v) is 6.33. The molecule has 0 aliphatic heterocycles. The molecule has 220 valence electrons. The molecule has 0 unspecified atom stereocenters. The molecule has 0 aromatic carbocycles. The number of esters is 2. The van der Waals surface area contributed by atoms with E-state index in [1.54, 1.807) is 23.5 Å². The molecule has 0 saturated carbocycles. The van der Waals surface area contributed by atoms with Crippen LogP contribution in [0.1, 0.15) is 25.7 Å².